The number of aryl methyl sites for hydroxylation is 1. The van der Waals surface area contributed by atoms with Crippen LogP contribution < -0.4 is 9.62 Å². The molecule has 1 aliphatic rings. The molecule has 0 spiro atoms. The quantitative estimate of drug-likeness (QED) is 0.699. The Kier molecular flexibility index (Phi) is 4.88. The summed E-state index contributed by atoms with van der Waals surface area (Å²) in [6.45, 7) is 3.89. The summed E-state index contributed by atoms with van der Waals surface area (Å²) >= 11 is 0. The van der Waals surface area contributed by atoms with Crippen molar-refractivity contribution in [2.24, 2.45) is 0 Å². The Labute approximate surface area is 171 Å². The predicted octanol–water partition coefficient (Wildman–Crippen LogP) is 4.39. The Bertz CT molecular complexity index is 1170. The SMILES string of the molecule is Cc1ccc(S(=O)(=O)Nc2ccccc2C(=O)N2c3ccccc3C[C@@H]2C)cc1. The van der Waals surface area contributed by atoms with Gasteiger partial charge in [0, 0.05) is 11.7 Å². The number of fused-ring (bicyclic) bond motifs is 1. The first-order chi connectivity index (χ1) is 13.9. The zero-order valence-corrected chi connectivity index (χ0v) is 17.1. The van der Waals surface area contributed by atoms with Crippen molar-refractivity contribution in [2.75, 3.05) is 9.62 Å². The average molecular weight is 407 g/mol. The summed E-state index contributed by atoms with van der Waals surface area (Å²) < 4.78 is 28.3. The molecular weight excluding hydrogens is 384 g/mol. The molecule has 0 saturated heterocycles. The van der Waals surface area contributed by atoms with Gasteiger partial charge in [-0.05, 0) is 56.2 Å². The van der Waals surface area contributed by atoms with Crippen molar-refractivity contribution in [1.82, 2.24) is 0 Å². The molecule has 3 aromatic rings. The third kappa shape index (κ3) is 3.63. The average Bonchev–Trinajstić information content (AvgIpc) is 3.03. The van der Waals surface area contributed by atoms with Crippen LogP contribution >= 0.6 is 0 Å². The zero-order chi connectivity index (χ0) is 20.6. The Balaban J connectivity index is 1.69. The van der Waals surface area contributed by atoms with Crippen LogP contribution in [0.4, 0.5) is 11.4 Å². The van der Waals surface area contributed by atoms with Gasteiger partial charge >= 0.3 is 0 Å². The Morgan fingerprint density at radius 1 is 0.966 bits per heavy atom. The van der Waals surface area contributed by atoms with Crippen molar-refractivity contribution in [3.05, 3.63) is 89.5 Å². The summed E-state index contributed by atoms with van der Waals surface area (Å²) in [5, 5.41) is 0. The number of benzene rings is 3. The van der Waals surface area contributed by atoms with Gasteiger partial charge in [-0.3, -0.25) is 9.52 Å². The third-order valence-corrected chi connectivity index (χ3v) is 6.54. The molecule has 1 aliphatic heterocycles. The standard InChI is InChI=1S/C23H22N2O3S/c1-16-11-13-19(14-12-16)29(27,28)24-21-9-5-4-8-20(21)23(26)25-17(2)15-18-7-3-6-10-22(18)25/h3-14,17,24H,15H2,1-2H3/t17-/m0/s1. The summed E-state index contributed by atoms with van der Waals surface area (Å²) in [5.41, 5.74) is 3.56. The molecular formula is C23H22N2O3S. The molecule has 0 aliphatic carbocycles. The van der Waals surface area contributed by atoms with Gasteiger partial charge < -0.3 is 4.90 Å². The monoisotopic (exact) mass is 406 g/mol. The molecule has 0 radical (unpaired) electrons. The summed E-state index contributed by atoms with van der Waals surface area (Å²) in [7, 11) is -3.80. The highest BCUT2D eigenvalue weighted by atomic mass is 32.2. The van der Waals surface area contributed by atoms with E-state index in [1.54, 1.807) is 53.4 Å². The fourth-order valence-electron chi connectivity index (χ4n) is 3.68. The van der Waals surface area contributed by atoms with Gasteiger partial charge in [0.1, 0.15) is 0 Å². The zero-order valence-electron chi connectivity index (χ0n) is 16.3. The van der Waals surface area contributed by atoms with E-state index in [2.05, 4.69) is 4.72 Å². The molecule has 1 atom stereocenters. The number of para-hydroxylation sites is 2. The van der Waals surface area contributed by atoms with Gasteiger partial charge in [0.25, 0.3) is 15.9 Å². The van der Waals surface area contributed by atoms with E-state index in [-0.39, 0.29) is 22.5 Å². The van der Waals surface area contributed by atoms with Crippen LogP contribution in [0.25, 0.3) is 0 Å². The van der Waals surface area contributed by atoms with Gasteiger partial charge in [-0.2, -0.15) is 0 Å². The molecule has 0 bridgehead atoms. The molecule has 148 valence electrons. The molecule has 1 N–H and O–H groups in total. The van der Waals surface area contributed by atoms with Crippen molar-refractivity contribution in [3.8, 4) is 0 Å². The van der Waals surface area contributed by atoms with Gasteiger partial charge in [-0.1, -0.05) is 48.0 Å². The molecule has 0 fully saturated rings. The van der Waals surface area contributed by atoms with E-state index >= 15 is 0 Å². The Morgan fingerprint density at radius 2 is 1.62 bits per heavy atom. The second kappa shape index (κ2) is 7.37. The van der Waals surface area contributed by atoms with Crippen LogP contribution in [0.1, 0.15) is 28.4 Å². The van der Waals surface area contributed by atoms with Gasteiger partial charge in [-0.25, -0.2) is 8.42 Å². The lowest BCUT2D eigenvalue weighted by molar-refractivity contribution is 0.0982. The molecule has 5 nitrogen and oxygen atoms in total. The fourth-order valence-corrected chi connectivity index (χ4v) is 4.76. The highest BCUT2D eigenvalue weighted by molar-refractivity contribution is 7.92. The first-order valence-electron chi connectivity index (χ1n) is 9.47. The smallest absolute Gasteiger partial charge is 0.261 e. The summed E-state index contributed by atoms with van der Waals surface area (Å²) in [6, 6.07) is 21.1. The van der Waals surface area contributed by atoms with Crippen molar-refractivity contribution >= 4 is 27.3 Å². The minimum atomic E-state index is -3.80. The van der Waals surface area contributed by atoms with E-state index < -0.39 is 10.0 Å². The summed E-state index contributed by atoms with van der Waals surface area (Å²) in [5.74, 6) is -0.218. The molecule has 1 amide bonds. The lowest BCUT2D eigenvalue weighted by atomic mass is 10.1. The van der Waals surface area contributed by atoms with Crippen LogP contribution in [-0.2, 0) is 16.4 Å². The molecule has 0 saturated carbocycles. The highest BCUT2D eigenvalue weighted by Gasteiger charge is 2.32. The number of rotatable bonds is 4. The molecule has 4 rings (SSSR count). The Hall–Kier alpha value is -3.12. The lowest BCUT2D eigenvalue weighted by Gasteiger charge is -2.24. The maximum absolute atomic E-state index is 13.4. The second-order valence-corrected chi connectivity index (χ2v) is 9.00. The second-order valence-electron chi connectivity index (χ2n) is 7.32. The van der Waals surface area contributed by atoms with Crippen molar-refractivity contribution < 1.29 is 13.2 Å². The normalized spacial score (nSPS) is 15.8. The molecule has 3 aromatic carbocycles. The summed E-state index contributed by atoms with van der Waals surface area (Å²) in [4.78, 5) is 15.3. The first-order valence-corrected chi connectivity index (χ1v) is 10.9. The number of hydrogen-bond acceptors (Lipinski definition) is 3. The van der Waals surface area contributed by atoms with Crippen molar-refractivity contribution in [3.63, 3.8) is 0 Å². The van der Waals surface area contributed by atoms with Crippen LogP contribution in [0, 0.1) is 6.92 Å². The minimum Gasteiger partial charge on any atom is -0.305 e. The van der Waals surface area contributed by atoms with Gasteiger partial charge in [0.05, 0.1) is 16.1 Å². The number of amides is 1. The Morgan fingerprint density at radius 3 is 2.38 bits per heavy atom. The van der Waals surface area contributed by atoms with Crippen molar-refractivity contribution in [2.45, 2.75) is 31.2 Å². The number of sulfonamides is 1. The predicted molar refractivity (Wildman–Crippen MR) is 115 cm³/mol. The van der Waals surface area contributed by atoms with E-state index in [0.29, 0.717) is 5.56 Å². The largest absolute Gasteiger partial charge is 0.305 e. The number of nitrogens with zero attached hydrogens (tertiary/aromatic N) is 1. The first kappa shape index (κ1) is 19.2. The minimum absolute atomic E-state index is 0.00154. The van der Waals surface area contributed by atoms with E-state index in [9.17, 15) is 13.2 Å². The van der Waals surface area contributed by atoms with E-state index in [0.717, 1.165) is 23.2 Å². The van der Waals surface area contributed by atoms with Gasteiger partial charge in [0.2, 0.25) is 0 Å². The van der Waals surface area contributed by atoms with Crippen LogP contribution in [0.3, 0.4) is 0 Å². The van der Waals surface area contributed by atoms with E-state index in [1.165, 1.54) is 0 Å². The number of hydrogen-bond donors (Lipinski definition) is 1. The molecule has 1 heterocycles. The molecule has 0 unspecified atom stereocenters. The third-order valence-electron chi connectivity index (χ3n) is 5.16. The topological polar surface area (TPSA) is 66.5 Å². The lowest BCUT2D eigenvalue weighted by Crippen LogP contribution is -2.36. The van der Waals surface area contributed by atoms with Crippen LogP contribution in [0.15, 0.2) is 77.7 Å². The van der Waals surface area contributed by atoms with Gasteiger partial charge in [-0.15, -0.1) is 0 Å². The van der Waals surface area contributed by atoms with Crippen LogP contribution in [-0.4, -0.2) is 20.4 Å². The number of anilines is 2. The van der Waals surface area contributed by atoms with Crippen LogP contribution in [0.5, 0.6) is 0 Å². The maximum Gasteiger partial charge on any atom is 0.261 e. The number of carbonyl (C=O) groups is 1. The van der Waals surface area contributed by atoms with Gasteiger partial charge in [0.15, 0.2) is 0 Å². The van der Waals surface area contributed by atoms with Crippen LogP contribution in [0.2, 0.25) is 0 Å². The van der Waals surface area contributed by atoms with Crippen molar-refractivity contribution in [1.29, 1.82) is 0 Å². The molecule has 29 heavy (non-hydrogen) atoms. The number of carbonyl (C=O) groups excluding carboxylic acids is 1. The van der Waals surface area contributed by atoms with E-state index in [1.807, 2.05) is 38.1 Å². The molecule has 6 heteroatoms. The maximum atomic E-state index is 13.4. The fraction of sp³-hybridized carbons (Fsp3) is 0.174. The van der Waals surface area contributed by atoms with E-state index in [4.69, 9.17) is 0 Å². The number of nitrogens with one attached hydrogen (secondary N) is 1. The summed E-state index contributed by atoms with van der Waals surface area (Å²) in [6.07, 6.45) is 0.777. The highest BCUT2D eigenvalue weighted by Crippen LogP contribution is 2.34. The molecule has 0 aromatic heterocycles.